The Kier molecular flexibility index (Phi) is 7.10. The third-order valence-corrected chi connectivity index (χ3v) is 6.66. The number of methoxy groups -OCH3 is 1. The van der Waals surface area contributed by atoms with E-state index in [1.54, 1.807) is 25.5 Å². The zero-order valence-corrected chi connectivity index (χ0v) is 21.7. The summed E-state index contributed by atoms with van der Waals surface area (Å²) in [6.07, 6.45) is 8.28. The number of rotatable bonds is 9. The summed E-state index contributed by atoms with van der Waals surface area (Å²) in [5.41, 5.74) is 5.01. The fraction of sp³-hybridized carbons (Fsp3) is 0.207. The molecule has 0 bridgehead atoms. The number of para-hydroxylation sites is 1. The number of likely N-dealkylation sites (N-methyl/N-ethyl adjacent to an activating group) is 1. The highest BCUT2D eigenvalue weighted by atomic mass is 16.5. The normalized spacial score (nSPS) is 13.6. The van der Waals surface area contributed by atoms with Crippen LogP contribution in [0.15, 0.2) is 79.7 Å². The molecular formula is C29H31N7O2. The van der Waals surface area contributed by atoms with Crippen molar-refractivity contribution in [2.45, 2.75) is 6.04 Å². The number of aromatic amines is 1. The van der Waals surface area contributed by atoms with Crippen molar-refractivity contribution >= 4 is 39.8 Å². The second-order valence-corrected chi connectivity index (χ2v) is 9.31. The van der Waals surface area contributed by atoms with E-state index in [1.807, 2.05) is 42.6 Å². The van der Waals surface area contributed by atoms with Crippen molar-refractivity contribution in [3.63, 3.8) is 0 Å². The largest absolute Gasteiger partial charge is 0.494 e. The van der Waals surface area contributed by atoms with Gasteiger partial charge < -0.3 is 30.2 Å². The van der Waals surface area contributed by atoms with Crippen molar-refractivity contribution in [3.05, 3.63) is 79.7 Å². The summed E-state index contributed by atoms with van der Waals surface area (Å²) in [5, 5.41) is 7.38. The Hall–Kier alpha value is -4.63. The van der Waals surface area contributed by atoms with Crippen molar-refractivity contribution in [2.75, 3.05) is 49.8 Å². The average molecular weight is 510 g/mol. The molecule has 0 spiro atoms. The fourth-order valence-electron chi connectivity index (χ4n) is 4.48. The Morgan fingerprint density at radius 3 is 2.79 bits per heavy atom. The fourth-order valence-corrected chi connectivity index (χ4v) is 4.48. The number of benzene rings is 2. The minimum absolute atomic E-state index is 0.246. The van der Waals surface area contributed by atoms with Crippen molar-refractivity contribution in [1.82, 2.24) is 19.9 Å². The SMILES string of the molecule is C=C/C=C/C(=O)Nc1cc(Nc2nccc(-c3c[nH]c4ccccc34)n2)c(OC)cc1N1CC(N(C)C)C1. The highest BCUT2D eigenvalue weighted by Crippen LogP contribution is 2.40. The molecule has 9 heteroatoms. The third-order valence-electron chi connectivity index (χ3n) is 6.66. The van der Waals surface area contributed by atoms with Gasteiger partial charge >= 0.3 is 0 Å². The second-order valence-electron chi connectivity index (χ2n) is 9.31. The number of carbonyl (C=O) groups is 1. The van der Waals surface area contributed by atoms with Gasteiger partial charge in [-0.2, -0.15) is 0 Å². The maximum absolute atomic E-state index is 12.6. The van der Waals surface area contributed by atoms with Crippen LogP contribution in [0.5, 0.6) is 5.75 Å². The number of amides is 1. The van der Waals surface area contributed by atoms with E-state index in [0.29, 0.717) is 29.1 Å². The first kappa shape index (κ1) is 25.0. The van der Waals surface area contributed by atoms with Crippen LogP contribution < -0.4 is 20.3 Å². The number of fused-ring (bicyclic) bond motifs is 1. The minimum atomic E-state index is -0.246. The molecule has 9 nitrogen and oxygen atoms in total. The van der Waals surface area contributed by atoms with E-state index in [0.717, 1.165) is 40.9 Å². The summed E-state index contributed by atoms with van der Waals surface area (Å²) in [7, 11) is 5.77. The van der Waals surface area contributed by atoms with Gasteiger partial charge in [-0.05, 0) is 32.3 Å². The molecule has 0 saturated carbocycles. The number of ether oxygens (including phenoxy) is 1. The topological polar surface area (TPSA) is 98.4 Å². The number of nitrogens with one attached hydrogen (secondary N) is 3. The molecule has 3 heterocycles. The van der Waals surface area contributed by atoms with Crippen molar-refractivity contribution in [2.24, 2.45) is 0 Å². The van der Waals surface area contributed by atoms with Gasteiger partial charge in [0, 0.05) is 60.1 Å². The highest BCUT2D eigenvalue weighted by Gasteiger charge is 2.31. The lowest BCUT2D eigenvalue weighted by Crippen LogP contribution is -2.57. The molecule has 0 atom stereocenters. The number of nitrogens with zero attached hydrogens (tertiary/aromatic N) is 4. The van der Waals surface area contributed by atoms with Gasteiger partial charge in [-0.15, -0.1) is 0 Å². The van der Waals surface area contributed by atoms with Crippen molar-refractivity contribution in [1.29, 1.82) is 0 Å². The first-order valence-electron chi connectivity index (χ1n) is 12.4. The molecule has 1 fully saturated rings. The molecule has 3 N–H and O–H groups in total. The first-order chi connectivity index (χ1) is 18.5. The maximum atomic E-state index is 12.6. The zero-order chi connectivity index (χ0) is 26.6. The average Bonchev–Trinajstić information content (AvgIpc) is 3.32. The van der Waals surface area contributed by atoms with Crippen molar-refractivity contribution < 1.29 is 9.53 Å². The summed E-state index contributed by atoms with van der Waals surface area (Å²) < 4.78 is 5.74. The molecule has 1 aliphatic heterocycles. The van der Waals surface area contributed by atoms with Crippen LogP contribution in [0.2, 0.25) is 0 Å². The molecule has 194 valence electrons. The smallest absolute Gasteiger partial charge is 0.248 e. The maximum Gasteiger partial charge on any atom is 0.248 e. The number of allylic oxidation sites excluding steroid dienone is 2. The summed E-state index contributed by atoms with van der Waals surface area (Å²) in [6.45, 7) is 5.34. The van der Waals surface area contributed by atoms with Crippen LogP contribution in [0.4, 0.5) is 23.0 Å². The van der Waals surface area contributed by atoms with E-state index < -0.39 is 0 Å². The van der Waals surface area contributed by atoms with Crippen LogP contribution >= 0.6 is 0 Å². The minimum Gasteiger partial charge on any atom is -0.494 e. The lowest BCUT2D eigenvalue weighted by Gasteiger charge is -2.45. The van der Waals surface area contributed by atoms with Crippen LogP contribution in [-0.4, -0.2) is 66.1 Å². The van der Waals surface area contributed by atoms with Crippen molar-refractivity contribution in [3.8, 4) is 17.0 Å². The number of H-pyrrole nitrogens is 1. The molecule has 0 unspecified atom stereocenters. The molecule has 2 aromatic heterocycles. The predicted molar refractivity (Wildman–Crippen MR) is 153 cm³/mol. The van der Waals surface area contributed by atoms with Gasteiger partial charge in [0.1, 0.15) is 5.75 Å². The Bertz CT molecular complexity index is 1500. The number of carbonyl (C=O) groups excluding carboxylic acids is 1. The highest BCUT2D eigenvalue weighted by molar-refractivity contribution is 6.03. The first-order valence-corrected chi connectivity index (χ1v) is 12.4. The van der Waals surface area contributed by atoms with Crippen LogP contribution in [0.3, 0.4) is 0 Å². The van der Waals surface area contributed by atoms with Gasteiger partial charge in [0.2, 0.25) is 11.9 Å². The second kappa shape index (κ2) is 10.8. The third kappa shape index (κ3) is 5.09. The Balaban J connectivity index is 1.48. The van der Waals surface area contributed by atoms with Gasteiger partial charge in [0.25, 0.3) is 0 Å². The summed E-state index contributed by atoms with van der Waals surface area (Å²) >= 11 is 0. The lowest BCUT2D eigenvalue weighted by atomic mass is 10.0. The monoisotopic (exact) mass is 509 g/mol. The zero-order valence-electron chi connectivity index (χ0n) is 21.7. The van der Waals surface area contributed by atoms with Gasteiger partial charge in [-0.3, -0.25) is 4.79 Å². The molecule has 1 aliphatic rings. The molecular weight excluding hydrogens is 478 g/mol. The predicted octanol–water partition coefficient (Wildman–Crippen LogP) is 4.81. The number of anilines is 4. The Morgan fingerprint density at radius 2 is 2.03 bits per heavy atom. The summed E-state index contributed by atoms with van der Waals surface area (Å²) in [6, 6.07) is 14.2. The number of aromatic nitrogens is 3. The molecule has 0 radical (unpaired) electrons. The van der Waals surface area contributed by atoms with E-state index >= 15 is 0 Å². The Labute approximate surface area is 221 Å². The van der Waals surface area contributed by atoms with E-state index in [2.05, 4.69) is 57.1 Å². The number of hydrogen-bond acceptors (Lipinski definition) is 7. The molecule has 5 rings (SSSR count). The summed E-state index contributed by atoms with van der Waals surface area (Å²) in [4.78, 5) is 29.5. The van der Waals surface area contributed by atoms with Gasteiger partial charge in [-0.25, -0.2) is 9.97 Å². The molecule has 0 aliphatic carbocycles. The van der Waals surface area contributed by atoms with Crippen LogP contribution in [0.1, 0.15) is 0 Å². The Morgan fingerprint density at radius 1 is 1.21 bits per heavy atom. The van der Waals surface area contributed by atoms with E-state index in [-0.39, 0.29) is 5.91 Å². The molecule has 38 heavy (non-hydrogen) atoms. The number of hydrogen-bond donors (Lipinski definition) is 3. The van der Waals surface area contributed by atoms with Gasteiger partial charge in [-0.1, -0.05) is 36.9 Å². The standard InChI is InChI=1S/C29H31N7O2/c1-5-6-11-28(37)32-24-14-25(27(38-4)15-26(24)36-17-19(18-36)35(2)3)34-29-30-13-12-23(33-29)21-16-31-22-10-8-7-9-20(21)22/h5-16,19,31H,1,17-18H2,2-4H3,(H,32,37)(H,30,33,34)/b11-6+. The van der Waals surface area contributed by atoms with Crippen LogP contribution in [-0.2, 0) is 4.79 Å². The molecule has 2 aromatic carbocycles. The summed E-state index contributed by atoms with van der Waals surface area (Å²) in [5.74, 6) is 0.790. The van der Waals surface area contributed by atoms with E-state index in [9.17, 15) is 4.79 Å². The van der Waals surface area contributed by atoms with E-state index in [1.165, 1.54) is 6.08 Å². The molecule has 4 aromatic rings. The van der Waals surface area contributed by atoms with Crippen LogP contribution in [0.25, 0.3) is 22.2 Å². The van der Waals surface area contributed by atoms with E-state index in [4.69, 9.17) is 9.72 Å². The van der Waals surface area contributed by atoms with Gasteiger partial charge in [0.15, 0.2) is 0 Å². The molecule has 1 saturated heterocycles. The lowest BCUT2D eigenvalue weighted by molar-refractivity contribution is -0.111. The van der Waals surface area contributed by atoms with Crippen LogP contribution in [0, 0.1) is 0 Å². The molecule has 1 amide bonds. The van der Waals surface area contributed by atoms with Gasteiger partial charge in [0.05, 0.1) is 29.9 Å². The quantitative estimate of drug-likeness (QED) is 0.220.